The molecule has 168 valence electrons. The highest BCUT2D eigenvalue weighted by molar-refractivity contribution is 5.96. The Hall–Kier alpha value is -3.48. The number of benzene rings is 2. The molecule has 0 spiro atoms. The van der Waals surface area contributed by atoms with E-state index in [0.29, 0.717) is 11.3 Å². The lowest BCUT2D eigenvalue weighted by atomic mass is 9.97. The summed E-state index contributed by atoms with van der Waals surface area (Å²) in [4.78, 5) is 38.7. The van der Waals surface area contributed by atoms with Gasteiger partial charge in [-0.3, -0.25) is 14.5 Å². The fourth-order valence-corrected chi connectivity index (χ4v) is 3.52. The second-order valence-electron chi connectivity index (χ2n) is 8.74. The van der Waals surface area contributed by atoms with Crippen LogP contribution in [0.25, 0.3) is 0 Å². The topological polar surface area (TPSA) is 75.7 Å². The molecule has 0 saturated heterocycles. The van der Waals surface area contributed by atoms with Crippen LogP contribution in [0.15, 0.2) is 54.7 Å². The van der Waals surface area contributed by atoms with Crippen LogP contribution in [0.3, 0.4) is 0 Å². The zero-order valence-electron chi connectivity index (χ0n) is 18.6. The van der Waals surface area contributed by atoms with Crippen molar-refractivity contribution >= 4 is 23.5 Å². The number of nitrogens with zero attached hydrogens (tertiary/aromatic N) is 1. The van der Waals surface area contributed by atoms with E-state index >= 15 is 0 Å². The van der Waals surface area contributed by atoms with Crippen LogP contribution in [0.1, 0.15) is 49.9 Å². The third-order valence-corrected chi connectivity index (χ3v) is 5.08. The molecule has 2 amide bonds. The van der Waals surface area contributed by atoms with E-state index in [-0.39, 0.29) is 30.4 Å². The minimum absolute atomic E-state index is 0.0864. The third-order valence-electron chi connectivity index (χ3n) is 5.08. The largest absolute Gasteiger partial charge is 0.460 e. The summed E-state index contributed by atoms with van der Waals surface area (Å²) in [6.07, 6.45) is 2.98. The van der Waals surface area contributed by atoms with E-state index in [4.69, 9.17) is 4.74 Å². The van der Waals surface area contributed by atoms with Crippen molar-refractivity contribution in [3.63, 3.8) is 0 Å². The number of carbonyl (C=O) groups excluding carboxylic acids is 3. The molecule has 1 heterocycles. The number of ketones is 1. The van der Waals surface area contributed by atoms with Gasteiger partial charge in [-0.15, -0.1) is 0 Å². The SMILES string of the molecule is Cc1c(CC(=O)OC(C)(C)C)cccc1NC(=O)N1C=CC(=O)C[C@H]1c1ccc(F)cc1. The molecule has 0 bridgehead atoms. The van der Waals surface area contributed by atoms with Crippen LogP contribution in [-0.2, 0) is 20.7 Å². The Morgan fingerprint density at radius 3 is 2.50 bits per heavy atom. The summed E-state index contributed by atoms with van der Waals surface area (Å²) in [5, 5.41) is 2.87. The summed E-state index contributed by atoms with van der Waals surface area (Å²) < 4.78 is 18.7. The molecule has 0 aromatic heterocycles. The smallest absolute Gasteiger partial charge is 0.326 e. The fraction of sp³-hybridized carbons (Fsp3) is 0.320. The quantitative estimate of drug-likeness (QED) is 0.676. The van der Waals surface area contributed by atoms with Crippen LogP contribution in [-0.4, -0.2) is 28.3 Å². The summed E-state index contributed by atoms with van der Waals surface area (Å²) in [6, 6.07) is 10.1. The number of anilines is 1. The lowest BCUT2D eigenvalue weighted by Gasteiger charge is -2.31. The molecule has 32 heavy (non-hydrogen) atoms. The van der Waals surface area contributed by atoms with Crippen molar-refractivity contribution in [3.05, 3.63) is 77.2 Å². The van der Waals surface area contributed by atoms with Gasteiger partial charge in [0.25, 0.3) is 0 Å². The van der Waals surface area contributed by atoms with Crippen molar-refractivity contribution in [1.82, 2.24) is 4.90 Å². The van der Waals surface area contributed by atoms with E-state index in [1.807, 2.05) is 33.8 Å². The van der Waals surface area contributed by atoms with Gasteiger partial charge >= 0.3 is 12.0 Å². The highest BCUT2D eigenvalue weighted by Crippen LogP contribution is 2.30. The molecule has 0 radical (unpaired) electrons. The van der Waals surface area contributed by atoms with Crippen LogP contribution >= 0.6 is 0 Å². The summed E-state index contributed by atoms with van der Waals surface area (Å²) in [5.41, 5.74) is 2.14. The second kappa shape index (κ2) is 9.34. The van der Waals surface area contributed by atoms with Crippen molar-refractivity contribution in [3.8, 4) is 0 Å². The molecule has 3 rings (SSSR count). The number of ether oxygens (including phenoxy) is 1. The lowest BCUT2D eigenvalue weighted by molar-refractivity contribution is -0.153. The Morgan fingerprint density at radius 1 is 1.16 bits per heavy atom. The van der Waals surface area contributed by atoms with Crippen LogP contribution in [0.2, 0.25) is 0 Å². The predicted octanol–water partition coefficient (Wildman–Crippen LogP) is 5.08. The van der Waals surface area contributed by atoms with E-state index in [2.05, 4.69) is 5.32 Å². The maximum absolute atomic E-state index is 13.3. The molecule has 7 heteroatoms. The van der Waals surface area contributed by atoms with Crippen molar-refractivity contribution < 1.29 is 23.5 Å². The minimum atomic E-state index is -0.579. The van der Waals surface area contributed by atoms with Gasteiger partial charge in [0.05, 0.1) is 12.5 Å². The van der Waals surface area contributed by atoms with Gasteiger partial charge in [0.2, 0.25) is 0 Å². The zero-order chi connectivity index (χ0) is 23.5. The number of allylic oxidation sites excluding steroid dienone is 1. The third kappa shape index (κ3) is 5.81. The highest BCUT2D eigenvalue weighted by atomic mass is 19.1. The number of amides is 2. The van der Waals surface area contributed by atoms with Gasteiger partial charge < -0.3 is 10.1 Å². The van der Waals surface area contributed by atoms with Gasteiger partial charge in [-0.05, 0) is 68.7 Å². The molecule has 2 aromatic rings. The molecule has 1 aliphatic rings. The van der Waals surface area contributed by atoms with Gasteiger partial charge in [0.15, 0.2) is 5.78 Å². The standard InChI is InChI=1S/C25H27FN2O4/c1-16-18(14-23(30)32-25(2,3)4)6-5-7-21(16)27-24(31)28-13-12-20(29)15-22(28)17-8-10-19(26)11-9-17/h5-13,22H,14-15H2,1-4H3,(H,27,31)/t22-/m0/s1. The summed E-state index contributed by atoms with van der Waals surface area (Å²) >= 11 is 0. The van der Waals surface area contributed by atoms with Crippen molar-refractivity contribution in [2.24, 2.45) is 0 Å². The molecule has 1 aliphatic heterocycles. The maximum atomic E-state index is 13.3. The first kappa shape index (κ1) is 23.2. The molecule has 2 aromatic carbocycles. The average molecular weight is 438 g/mol. The van der Waals surface area contributed by atoms with Gasteiger partial charge in [-0.2, -0.15) is 0 Å². The number of halogens is 1. The molecule has 0 saturated carbocycles. The van der Waals surface area contributed by atoms with Crippen LogP contribution in [0, 0.1) is 12.7 Å². The normalized spacial score (nSPS) is 16.1. The number of carbonyl (C=O) groups is 3. The Bertz CT molecular complexity index is 1050. The lowest BCUT2D eigenvalue weighted by Crippen LogP contribution is -2.37. The van der Waals surface area contributed by atoms with E-state index in [0.717, 1.165) is 11.1 Å². The number of nitrogens with one attached hydrogen (secondary N) is 1. The van der Waals surface area contributed by atoms with Gasteiger partial charge in [-0.1, -0.05) is 24.3 Å². The van der Waals surface area contributed by atoms with Crippen molar-refractivity contribution in [1.29, 1.82) is 0 Å². The highest BCUT2D eigenvalue weighted by Gasteiger charge is 2.29. The molecular weight excluding hydrogens is 411 g/mol. The van der Waals surface area contributed by atoms with Crippen LogP contribution < -0.4 is 5.32 Å². The van der Waals surface area contributed by atoms with Gasteiger partial charge in [0, 0.05) is 18.3 Å². The van der Waals surface area contributed by atoms with E-state index in [1.165, 1.54) is 29.3 Å². The molecule has 1 N–H and O–H groups in total. The van der Waals surface area contributed by atoms with E-state index < -0.39 is 17.7 Å². The molecule has 0 fully saturated rings. The Morgan fingerprint density at radius 2 is 1.84 bits per heavy atom. The Balaban J connectivity index is 1.79. The minimum Gasteiger partial charge on any atom is -0.460 e. The van der Waals surface area contributed by atoms with Crippen LogP contribution in [0.4, 0.5) is 14.9 Å². The number of hydrogen-bond acceptors (Lipinski definition) is 4. The number of urea groups is 1. The first-order valence-corrected chi connectivity index (χ1v) is 10.4. The first-order chi connectivity index (χ1) is 15.0. The van der Waals surface area contributed by atoms with E-state index in [9.17, 15) is 18.8 Å². The Labute approximate surface area is 187 Å². The molecular formula is C25H27FN2O4. The van der Waals surface area contributed by atoms with Crippen molar-refractivity contribution in [2.45, 2.75) is 52.2 Å². The van der Waals surface area contributed by atoms with Gasteiger partial charge in [0.1, 0.15) is 11.4 Å². The van der Waals surface area contributed by atoms with E-state index in [1.54, 1.807) is 24.3 Å². The predicted molar refractivity (Wildman–Crippen MR) is 119 cm³/mol. The summed E-state index contributed by atoms with van der Waals surface area (Å²) in [6.45, 7) is 7.25. The maximum Gasteiger partial charge on any atom is 0.326 e. The van der Waals surface area contributed by atoms with Gasteiger partial charge in [-0.25, -0.2) is 9.18 Å². The first-order valence-electron chi connectivity index (χ1n) is 10.4. The fourth-order valence-electron chi connectivity index (χ4n) is 3.52. The van der Waals surface area contributed by atoms with Crippen LogP contribution in [0.5, 0.6) is 0 Å². The number of rotatable bonds is 4. The summed E-state index contributed by atoms with van der Waals surface area (Å²) in [5.74, 6) is -0.850. The zero-order valence-corrected chi connectivity index (χ0v) is 18.6. The molecule has 6 nitrogen and oxygen atoms in total. The Kier molecular flexibility index (Phi) is 6.77. The molecule has 1 atom stereocenters. The average Bonchev–Trinajstić information content (AvgIpc) is 2.70. The van der Waals surface area contributed by atoms with Crippen molar-refractivity contribution in [2.75, 3.05) is 5.32 Å². The summed E-state index contributed by atoms with van der Waals surface area (Å²) in [7, 11) is 0. The monoisotopic (exact) mass is 438 g/mol. The number of hydrogen-bond donors (Lipinski definition) is 1. The number of esters is 1. The molecule has 0 aliphatic carbocycles. The molecule has 0 unspecified atom stereocenters. The second-order valence-corrected chi connectivity index (χ2v) is 8.74.